The third kappa shape index (κ3) is 7.82. The summed E-state index contributed by atoms with van der Waals surface area (Å²) in [4.78, 5) is 2.42. The molecule has 0 atom stereocenters. The molecule has 0 amide bonds. The van der Waals surface area contributed by atoms with E-state index in [0.717, 1.165) is 50.2 Å². The molecule has 10 aromatic carbocycles. The molecule has 0 unspecified atom stereocenters. The maximum atomic E-state index is 9.85. The summed E-state index contributed by atoms with van der Waals surface area (Å²) in [5, 5.41) is 19.9. The zero-order valence-corrected chi connectivity index (χ0v) is 43.9. The second kappa shape index (κ2) is 18.1. The van der Waals surface area contributed by atoms with Gasteiger partial charge in [0.25, 0.3) is 0 Å². The number of anilines is 3. The van der Waals surface area contributed by atoms with Crippen molar-refractivity contribution in [1.29, 1.82) is 5.26 Å². The van der Waals surface area contributed by atoms with Crippen molar-refractivity contribution in [3.63, 3.8) is 0 Å². The average Bonchev–Trinajstić information content (AvgIpc) is 3.94. The third-order valence-corrected chi connectivity index (χ3v) is 20.0. The second-order valence-corrected chi connectivity index (χ2v) is 25.6. The predicted molar refractivity (Wildman–Crippen MR) is 316 cm³/mol. The van der Waals surface area contributed by atoms with Gasteiger partial charge in [-0.3, -0.25) is 0 Å². The summed E-state index contributed by atoms with van der Waals surface area (Å²) in [5.74, 6) is 0. The summed E-state index contributed by atoms with van der Waals surface area (Å²) in [6.07, 6.45) is 0. The first kappa shape index (κ1) is 46.4. The van der Waals surface area contributed by atoms with E-state index in [4.69, 9.17) is 0 Å². The molecule has 0 saturated carbocycles. The molecular weight excluding hydrogens is 913 g/mol. The van der Waals surface area contributed by atoms with Crippen LogP contribution in [0, 0.1) is 11.3 Å². The Labute approximate surface area is 435 Å². The maximum absolute atomic E-state index is 9.85. The Balaban J connectivity index is 1.05. The van der Waals surface area contributed by atoms with E-state index in [-0.39, 0.29) is 10.8 Å². The van der Waals surface area contributed by atoms with Crippen molar-refractivity contribution in [2.45, 2.75) is 52.4 Å². The molecule has 0 aliphatic heterocycles. The van der Waals surface area contributed by atoms with Gasteiger partial charge in [-0.25, -0.2) is 0 Å². The summed E-state index contributed by atoms with van der Waals surface area (Å²) in [6.45, 7) is 13.8. The van der Waals surface area contributed by atoms with Gasteiger partial charge in [-0.05, 0) is 152 Å². The summed E-state index contributed by atoms with van der Waals surface area (Å²) >= 11 is 0. The molecule has 0 fully saturated rings. The number of nitrogens with zero attached hydrogens (tertiary/aromatic N) is 4. The minimum Gasteiger partial charge on any atom is -0.311 e. The fourth-order valence-electron chi connectivity index (χ4n) is 11.4. The van der Waals surface area contributed by atoms with Crippen LogP contribution in [-0.4, -0.2) is 17.2 Å². The molecule has 0 bridgehead atoms. The van der Waals surface area contributed by atoms with Crippen molar-refractivity contribution in [2.75, 3.05) is 4.90 Å². The summed E-state index contributed by atoms with van der Waals surface area (Å²) in [6, 6.07) is 91.8. The first-order valence-electron chi connectivity index (χ1n) is 25.7. The van der Waals surface area contributed by atoms with Gasteiger partial charge in [-0.2, -0.15) is 5.26 Å². The molecule has 358 valence electrons. The molecule has 0 saturated heterocycles. The monoisotopic (exact) mass is 970 g/mol. The van der Waals surface area contributed by atoms with Crippen molar-refractivity contribution in [3.05, 3.63) is 259 Å². The van der Waals surface area contributed by atoms with Gasteiger partial charge in [0.05, 0.1) is 33.7 Å². The standard InChI is InChI=1S/C69H58N4Si/c1-68(2,3)49-30-41-66-62(44-49)63-45-50(69(4,5)6)31-42-67(63)73(66)54-38-34-52(35-39-54)71(51-32-36-53(37-33-51)72-64-28-17-16-27-60(64)61-43-48(47-70)29-40-65(61)72)55-19-18-26-59(46-55)74(56-20-10-7-11-21-56,57-22-12-8-13-23-57)58-24-14-9-15-25-58/h7-46H,1-6H3. The van der Waals surface area contributed by atoms with Crippen molar-refractivity contribution in [3.8, 4) is 17.4 Å². The molecule has 12 rings (SSSR count). The molecule has 4 nitrogen and oxygen atoms in total. The SMILES string of the molecule is CC(C)(C)c1ccc2c(c1)c1cc(C(C)(C)C)ccc1n2-c1ccc(N(c2ccc(-n3c4ccccc4c4cc(C#N)ccc43)cc2)c2cccc([Si](c3ccccc3)(c3ccccc3)c3ccccc3)c2)cc1. The normalized spacial score (nSPS) is 12.2. The molecule has 0 N–H and O–H groups in total. The van der Waals surface area contributed by atoms with E-state index in [1.165, 1.54) is 53.7 Å². The van der Waals surface area contributed by atoms with Gasteiger partial charge >= 0.3 is 0 Å². The molecule has 0 aliphatic rings. The van der Waals surface area contributed by atoms with E-state index in [1.54, 1.807) is 0 Å². The third-order valence-electron chi connectivity index (χ3n) is 15.2. The van der Waals surface area contributed by atoms with Crippen LogP contribution in [0.4, 0.5) is 17.1 Å². The van der Waals surface area contributed by atoms with Gasteiger partial charge in [0.15, 0.2) is 8.07 Å². The van der Waals surface area contributed by atoms with Crippen LogP contribution in [0.5, 0.6) is 0 Å². The summed E-state index contributed by atoms with van der Waals surface area (Å²) in [7, 11) is -2.87. The Morgan fingerprint density at radius 1 is 0.351 bits per heavy atom. The minimum absolute atomic E-state index is 0.0157. The lowest BCUT2D eigenvalue weighted by Crippen LogP contribution is -2.74. The fraction of sp³-hybridized carbons (Fsp3) is 0.116. The van der Waals surface area contributed by atoms with Crippen LogP contribution in [0.3, 0.4) is 0 Å². The van der Waals surface area contributed by atoms with E-state index < -0.39 is 8.07 Å². The van der Waals surface area contributed by atoms with E-state index >= 15 is 0 Å². The zero-order valence-electron chi connectivity index (χ0n) is 42.9. The first-order chi connectivity index (χ1) is 35.9. The average molecular weight is 971 g/mol. The highest BCUT2D eigenvalue weighted by atomic mass is 28.3. The fourth-order valence-corrected chi connectivity index (χ4v) is 16.2. The van der Waals surface area contributed by atoms with E-state index in [9.17, 15) is 5.26 Å². The number of fused-ring (bicyclic) bond motifs is 6. The Bertz CT molecular complexity index is 3910. The summed E-state index contributed by atoms with van der Waals surface area (Å²) < 4.78 is 4.76. The predicted octanol–water partition coefficient (Wildman–Crippen LogP) is 15.2. The van der Waals surface area contributed by atoms with Gasteiger partial charge in [-0.1, -0.05) is 175 Å². The molecule has 2 aromatic heterocycles. The van der Waals surface area contributed by atoms with E-state index in [0.29, 0.717) is 5.56 Å². The van der Waals surface area contributed by atoms with Crippen molar-refractivity contribution >= 4 is 89.5 Å². The molecule has 2 heterocycles. The lowest BCUT2D eigenvalue weighted by molar-refractivity contribution is 0.590. The molecule has 0 aliphatic carbocycles. The Hall–Kier alpha value is -8.69. The van der Waals surface area contributed by atoms with Gasteiger partial charge in [0.2, 0.25) is 0 Å². The van der Waals surface area contributed by atoms with Crippen molar-refractivity contribution in [2.24, 2.45) is 0 Å². The Kier molecular flexibility index (Phi) is 11.3. The summed E-state index contributed by atoms with van der Waals surface area (Å²) in [5.41, 5.74) is 13.2. The minimum atomic E-state index is -2.87. The molecule has 12 aromatic rings. The Morgan fingerprint density at radius 2 is 0.757 bits per heavy atom. The first-order valence-corrected chi connectivity index (χ1v) is 27.7. The number of benzene rings is 10. The number of para-hydroxylation sites is 1. The number of aromatic nitrogens is 2. The van der Waals surface area contributed by atoms with Gasteiger partial charge in [0.1, 0.15) is 0 Å². The lowest BCUT2D eigenvalue weighted by atomic mass is 9.85. The Morgan fingerprint density at radius 3 is 1.22 bits per heavy atom. The van der Waals surface area contributed by atoms with Crippen LogP contribution in [0.1, 0.15) is 58.2 Å². The largest absolute Gasteiger partial charge is 0.311 e. The number of nitriles is 1. The van der Waals surface area contributed by atoms with Crippen LogP contribution < -0.4 is 25.6 Å². The van der Waals surface area contributed by atoms with Crippen LogP contribution in [0.25, 0.3) is 55.0 Å². The zero-order chi connectivity index (χ0) is 50.8. The number of rotatable bonds is 9. The molecule has 74 heavy (non-hydrogen) atoms. The highest BCUT2D eigenvalue weighted by molar-refractivity contribution is 7.19. The lowest BCUT2D eigenvalue weighted by Gasteiger charge is -2.35. The topological polar surface area (TPSA) is 36.9 Å². The van der Waals surface area contributed by atoms with Crippen molar-refractivity contribution < 1.29 is 0 Å². The van der Waals surface area contributed by atoms with E-state index in [2.05, 4.69) is 292 Å². The number of hydrogen-bond donors (Lipinski definition) is 0. The van der Waals surface area contributed by atoms with Crippen LogP contribution in [0.2, 0.25) is 0 Å². The van der Waals surface area contributed by atoms with E-state index in [1.807, 2.05) is 12.1 Å². The quantitative estimate of drug-likeness (QED) is 0.107. The smallest absolute Gasteiger partial charge is 0.179 e. The second-order valence-electron chi connectivity index (χ2n) is 21.8. The molecular formula is C69H58N4Si. The number of hydrogen-bond acceptors (Lipinski definition) is 2. The maximum Gasteiger partial charge on any atom is 0.179 e. The molecule has 0 spiro atoms. The van der Waals surface area contributed by atoms with Gasteiger partial charge in [-0.15, -0.1) is 0 Å². The van der Waals surface area contributed by atoms with Crippen LogP contribution in [0.15, 0.2) is 243 Å². The highest BCUT2D eigenvalue weighted by Gasteiger charge is 2.41. The van der Waals surface area contributed by atoms with Crippen LogP contribution >= 0.6 is 0 Å². The molecule has 0 radical (unpaired) electrons. The molecule has 5 heteroatoms. The van der Waals surface area contributed by atoms with Crippen LogP contribution in [-0.2, 0) is 10.8 Å². The van der Waals surface area contributed by atoms with Crippen molar-refractivity contribution in [1.82, 2.24) is 9.13 Å². The highest BCUT2D eigenvalue weighted by Crippen LogP contribution is 2.41. The van der Waals surface area contributed by atoms with Gasteiger partial charge in [0, 0.05) is 50.0 Å². The van der Waals surface area contributed by atoms with Gasteiger partial charge < -0.3 is 14.0 Å².